The molecule has 3 heterocycles. The van der Waals surface area contributed by atoms with Crippen LogP contribution in [0.4, 0.5) is 5.82 Å². The lowest BCUT2D eigenvalue weighted by atomic mass is 9.87. The van der Waals surface area contributed by atoms with Crippen LogP contribution in [0.25, 0.3) is 0 Å². The van der Waals surface area contributed by atoms with Gasteiger partial charge in [0.25, 0.3) is 5.91 Å². The molecule has 0 atom stereocenters. The normalized spacial score (nSPS) is 12.6. The summed E-state index contributed by atoms with van der Waals surface area (Å²) in [4.78, 5) is 30.0. The predicted octanol–water partition coefficient (Wildman–Crippen LogP) is 5.50. The highest BCUT2D eigenvalue weighted by molar-refractivity contribution is 9.10. The summed E-state index contributed by atoms with van der Waals surface area (Å²) in [6.07, 6.45) is 5.53. The molecule has 1 aliphatic heterocycles. The van der Waals surface area contributed by atoms with Gasteiger partial charge >= 0.3 is 5.97 Å². The Morgan fingerprint density at radius 1 is 1.14 bits per heavy atom. The number of aromatic amines is 1. The highest BCUT2D eigenvalue weighted by Crippen LogP contribution is 2.24. The third-order valence-electron chi connectivity index (χ3n) is 5.92. The van der Waals surface area contributed by atoms with Gasteiger partial charge in [0.1, 0.15) is 11.5 Å². The smallest absolute Gasteiger partial charge is 0.305 e. The highest BCUT2D eigenvalue weighted by Gasteiger charge is 2.13. The zero-order valence-electron chi connectivity index (χ0n) is 21.2. The Hall–Kier alpha value is -3.13. The van der Waals surface area contributed by atoms with Gasteiger partial charge < -0.3 is 20.7 Å². The number of nitrogens with zero attached hydrogens (tertiary/aromatic N) is 1. The molecule has 3 aromatic rings. The number of carbonyl (C=O) groups excluding carboxylic acids is 1. The van der Waals surface area contributed by atoms with Gasteiger partial charge in [0.15, 0.2) is 0 Å². The Labute approximate surface area is 221 Å². The van der Waals surface area contributed by atoms with Crippen molar-refractivity contribution >= 4 is 33.6 Å². The van der Waals surface area contributed by atoms with E-state index in [-0.39, 0.29) is 24.3 Å². The SMILES string of the molecule is CC(C)(C)c1cccc(Br)c1.O=C(O)CCNC(=O)c1cc(CCc2ccc3c(n2)NCCC3)c[nH]1. The average Bonchev–Trinajstić information content (AvgIpc) is 3.31. The minimum absolute atomic E-state index is 0.0860. The second kappa shape index (κ2) is 12.7. The van der Waals surface area contributed by atoms with Gasteiger partial charge in [-0.1, -0.05) is 54.9 Å². The first-order valence-electron chi connectivity index (χ1n) is 12.3. The number of H-pyrrole nitrogens is 1. The summed E-state index contributed by atoms with van der Waals surface area (Å²) >= 11 is 3.45. The maximum Gasteiger partial charge on any atom is 0.305 e. The molecule has 0 saturated carbocycles. The molecule has 0 unspecified atom stereocenters. The number of benzene rings is 1. The lowest BCUT2D eigenvalue weighted by Gasteiger charge is -2.18. The molecular formula is C28H35BrN4O3. The number of halogens is 1. The van der Waals surface area contributed by atoms with Gasteiger partial charge in [-0.25, -0.2) is 4.98 Å². The Bertz CT molecular complexity index is 1180. The second-order valence-corrected chi connectivity index (χ2v) is 10.8. The average molecular weight is 556 g/mol. The largest absolute Gasteiger partial charge is 0.481 e. The Balaban J connectivity index is 0.000000275. The molecule has 1 aromatic carbocycles. The highest BCUT2D eigenvalue weighted by atomic mass is 79.9. The van der Waals surface area contributed by atoms with E-state index in [0.717, 1.165) is 53.8 Å². The molecule has 4 N–H and O–H groups in total. The van der Waals surface area contributed by atoms with Gasteiger partial charge in [0.2, 0.25) is 0 Å². The van der Waals surface area contributed by atoms with Crippen molar-refractivity contribution in [1.29, 1.82) is 0 Å². The molecule has 192 valence electrons. The first-order valence-corrected chi connectivity index (χ1v) is 13.1. The number of hydrogen-bond donors (Lipinski definition) is 4. The molecule has 36 heavy (non-hydrogen) atoms. The molecule has 0 saturated heterocycles. The van der Waals surface area contributed by atoms with Crippen LogP contribution in [0.2, 0.25) is 0 Å². The maximum absolute atomic E-state index is 11.9. The lowest BCUT2D eigenvalue weighted by molar-refractivity contribution is -0.136. The molecule has 7 nitrogen and oxygen atoms in total. The van der Waals surface area contributed by atoms with Crippen LogP contribution < -0.4 is 10.6 Å². The van der Waals surface area contributed by atoms with Gasteiger partial charge in [0.05, 0.1) is 6.42 Å². The van der Waals surface area contributed by atoms with Crippen LogP contribution >= 0.6 is 15.9 Å². The van der Waals surface area contributed by atoms with Crippen LogP contribution in [0.5, 0.6) is 0 Å². The Morgan fingerprint density at radius 2 is 1.94 bits per heavy atom. The van der Waals surface area contributed by atoms with Crippen LogP contribution in [-0.2, 0) is 29.5 Å². The minimum Gasteiger partial charge on any atom is -0.481 e. The summed E-state index contributed by atoms with van der Waals surface area (Å²) in [6, 6.07) is 14.5. The third-order valence-corrected chi connectivity index (χ3v) is 6.42. The zero-order chi connectivity index (χ0) is 26.1. The molecule has 1 aliphatic rings. The number of fused-ring (bicyclic) bond motifs is 1. The molecule has 8 heteroatoms. The molecule has 0 radical (unpaired) electrons. The summed E-state index contributed by atoms with van der Waals surface area (Å²) in [5.41, 5.74) is 5.39. The van der Waals surface area contributed by atoms with E-state index >= 15 is 0 Å². The zero-order valence-corrected chi connectivity index (χ0v) is 22.7. The van der Waals surface area contributed by atoms with Gasteiger partial charge in [-0.05, 0) is 72.1 Å². The van der Waals surface area contributed by atoms with E-state index in [1.807, 2.05) is 6.20 Å². The number of aryl methyl sites for hydroxylation is 3. The number of aliphatic carboxylic acids is 1. The number of carbonyl (C=O) groups is 2. The van der Waals surface area contributed by atoms with Crippen LogP contribution in [0.15, 0.2) is 53.1 Å². The summed E-state index contributed by atoms with van der Waals surface area (Å²) < 4.78 is 1.16. The van der Waals surface area contributed by atoms with Crippen molar-refractivity contribution in [3.05, 3.63) is 81.2 Å². The lowest BCUT2D eigenvalue weighted by Crippen LogP contribution is -2.26. The summed E-state index contributed by atoms with van der Waals surface area (Å²) in [5.74, 6) is -0.223. The topological polar surface area (TPSA) is 107 Å². The number of rotatable bonds is 7. The van der Waals surface area contributed by atoms with Gasteiger partial charge in [-0.3, -0.25) is 9.59 Å². The monoisotopic (exact) mass is 554 g/mol. The fourth-order valence-electron chi connectivity index (χ4n) is 3.83. The molecule has 2 aromatic heterocycles. The van der Waals surface area contributed by atoms with Gasteiger partial charge in [-0.2, -0.15) is 0 Å². The van der Waals surface area contributed by atoms with Crippen LogP contribution in [0, 0.1) is 0 Å². The standard InChI is InChI=1S/C18H22N4O3.C10H13Br/c23-16(24)7-9-20-18(25)15-10-12(11-21-15)3-5-14-6-4-13-2-1-8-19-17(13)22-14;1-10(2,3)8-5-4-6-9(11)7-8/h4,6,10-11,21H,1-3,5,7-9H2,(H,19,22)(H,20,25)(H,23,24);4-7H,1-3H3. The van der Waals surface area contributed by atoms with Crippen molar-refractivity contribution in [2.45, 2.75) is 58.3 Å². The number of carboxylic acid groups (broad SMARTS) is 1. The van der Waals surface area contributed by atoms with Crippen molar-refractivity contribution < 1.29 is 14.7 Å². The van der Waals surface area contributed by atoms with E-state index in [0.29, 0.717) is 5.69 Å². The van der Waals surface area contributed by atoms with Crippen molar-refractivity contribution in [3.8, 4) is 0 Å². The number of pyridine rings is 1. The molecule has 0 bridgehead atoms. The predicted molar refractivity (Wildman–Crippen MR) is 147 cm³/mol. The van der Waals surface area contributed by atoms with Crippen LogP contribution in [0.1, 0.15) is 66.5 Å². The Kier molecular flexibility index (Phi) is 9.70. The van der Waals surface area contributed by atoms with Crippen LogP contribution in [0.3, 0.4) is 0 Å². The fourth-order valence-corrected chi connectivity index (χ4v) is 4.23. The second-order valence-electron chi connectivity index (χ2n) is 9.92. The first-order chi connectivity index (χ1) is 17.1. The van der Waals surface area contributed by atoms with Crippen molar-refractivity contribution in [2.75, 3.05) is 18.4 Å². The van der Waals surface area contributed by atoms with Crippen molar-refractivity contribution in [3.63, 3.8) is 0 Å². The van der Waals surface area contributed by atoms with Gasteiger partial charge in [-0.15, -0.1) is 0 Å². The fraction of sp³-hybridized carbons (Fsp3) is 0.393. The summed E-state index contributed by atoms with van der Waals surface area (Å²) in [6.45, 7) is 7.74. The number of amides is 1. The first kappa shape index (κ1) is 27.5. The molecule has 0 aliphatic carbocycles. The Morgan fingerprint density at radius 3 is 2.64 bits per heavy atom. The maximum atomic E-state index is 11.9. The molecule has 4 rings (SSSR count). The van der Waals surface area contributed by atoms with E-state index in [9.17, 15) is 9.59 Å². The number of hydrogen-bond acceptors (Lipinski definition) is 4. The van der Waals surface area contributed by atoms with Gasteiger partial charge in [0, 0.05) is 29.5 Å². The molecule has 1 amide bonds. The van der Waals surface area contributed by atoms with E-state index in [2.05, 4.69) is 93.7 Å². The van der Waals surface area contributed by atoms with Crippen LogP contribution in [-0.4, -0.2) is 40.0 Å². The molecular weight excluding hydrogens is 520 g/mol. The number of carboxylic acids is 1. The molecule has 0 fully saturated rings. The minimum atomic E-state index is -0.931. The third kappa shape index (κ3) is 8.52. The van der Waals surface area contributed by atoms with E-state index in [4.69, 9.17) is 5.11 Å². The summed E-state index contributed by atoms with van der Waals surface area (Å²) in [5, 5.41) is 14.5. The summed E-state index contributed by atoms with van der Waals surface area (Å²) in [7, 11) is 0. The number of aromatic nitrogens is 2. The number of nitrogens with one attached hydrogen (secondary N) is 3. The van der Waals surface area contributed by atoms with Crippen molar-refractivity contribution in [2.24, 2.45) is 0 Å². The van der Waals surface area contributed by atoms with Crippen molar-refractivity contribution in [1.82, 2.24) is 15.3 Å². The van der Waals surface area contributed by atoms with E-state index in [1.165, 1.54) is 11.1 Å². The molecule has 0 spiro atoms. The van der Waals surface area contributed by atoms with E-state index in [1.54, 1.807) is 6.07 Å². The quantitative estimate of drug-likeness (QED) is 0.308. The van der Waals surface area contributed by atoms with E-state index < -0.39 is 5.97 Å². The number of anilines is 1.